The highest BCUT2D eigenvalue weighted by molar-refractivity contribution is 5.94. The molecule has 1 atom stereocenters. The maximum absolute atomic E-state index is 11.9. The Labute approximate surface area is 149 Å². The molecule has 0 saturated heterocycles. The number of hydrogen-bond acceptors (Lipinski definition) is 3. The molecule has 132 valence electrons. The fraction of sp³-hybridized carbons (Fsp3) is 0.381. The van der Waals surface area contributed by atoms with Gasteiger partial charge >= 0.3 is 0 Å². The fourth-order valence-electron chi connectivity index (χ4n) is 3.08. The van der Waals surface area contributed by atoms with Crippen molar-refractivity contribution in [2.24, 2.45) is 0 Å². The molecule has 0 aromatic heterocycles. The molecule has 4 heteroatoms. The van der Waals surface area contributed by atoms with E-state index in [-0.39, 0.29) is 12.0 Å². The smallest absolute Gasteiger partial charge is 0.251 e. The average molecular weight is 338 g/mol. The Morgan fingerprint density at radius 2 is 1.72 bits per heavy atom. The van der Waals surface area contributed by atoms with Gasteiger partial charge in [0.15, 0.2) is 0 Å². The van der Waals surface area contributed by atoms with Crippen molar-refractivity contribution in [3.8, 4) is 5.75 Å². The summed E-state index contributed by atoms with van der Waals surface area (Å²) in [4.78, 5) is 11.9. The topological polar surface area (TPSA) is 50.4 Å². The maximum Gasteiger partial charge on any atom is 0.251 e. The van der Waals surface area contributed by atoms with Crippen LogP contribution in [-0.4, -0.2) is 31.6 Å². The predicted octanol–water partition coefficient (Wildman–Crippen LogP) is 3.18. The van der Waals surface area contributed by atoms with Crippen LogP contribution < -0.4 is 15.4 Å². The van der Waals surface area contributed by atoms with E-state index in [4.69, 9.17) is 4.74 Å². The first-order valence-electron chi connectivity index (χ1n) is 9.11. The molecule has 1 unspecified atom stereocenters. The van der Waals surface area contributed by atoms with Crippen LogP contribution in [0, 0.1) is 0 Å². The van der Waals surface area contributed by atoms with E-state index in [1.165, 1.54) is 5.56 Å². The van der Waals surface area contributed by atoms with Gasteiger partial charge in [-0.05, 0) is 43.1 Å². The molecule has 0 spiro atoms. The van der Waals surface area contributed by atoms with E-state index in [1.54, 1.807) is 0 Å². The van der Waals surface area contributed by atoms with Crippen LogP contribution in [0.2, 0.25) is 0 Å². The Bertz CT molecular complexity index is 648. The first-order chi connectivity index (χ1) is 12.3. The standard InChI is InChI=1S/C21H26N2O2/c24-21(17-9-3-1-4-10-17)23-14-8-2-7-13-22-16-19-15-18-11-5-6-12-20(18)25-19/h1,3-6,9-12,19,22H,2,7-8,13-16H2,(H,23,24). The molecule has 1 aliphatic heterocycles. The van der Waals surface area contributed by atoms with Gasteiger partial charge in [0.05, 0.1) is 0 Å². The van der Waals surface area contributed by atoms with E-state index in [9.17, 15) is 4.79 Å². The Kier molecular flexibility index (Phi) is 6.46. The van der Waals surface area contributed by atoms with Gasteiger partial charge in [-0.15, -0.1) is 0 Å². The molecule has 2 N–H and O–H groups in total. The monoisotopic (exact) mass is 338 g/mol. The highest BCUT2D eigenvalue weighted by Crippen LogP contribution is 2.27. The average Bonchev–Trinajstić information content (AvgIpc) is 3.07. The van der Waals surface area contributed by atoms with E-state index in [2.05, 4.69) is 22.8 Å². The molecule has 0 saturated carbocycles. The van der Waals surface area contributed by atoms with Crippen LogP contribution in [0.4, 0.5) is 0 Å². The molecule has 0 aliphatic carbocycles. The number of carbonyl (C=O) groups excluding carboxylic acids is 1. The van der Waals surface area contributed by atoms with Crippen molar-refractivity contribution in [3.63, 3.8) is 0 Å². The number of rotatable bonds is 9. The molecule has 1 heterocycles. The Morgan fingerprint density at radius 1 is 0.960 bits per heavy atom. The van der Waals surface area contributed by atoms with Crippen LogP contribution in [-0.2, 0) is 6.42 Å². The first-order valence-corrected chi connectivity index (χ1v) is 9.11. The van der Waals surface area contributed by atoms with E-state index in [1.807, 2.05) is 42.5 Å². The van der Waals surface area contributed by atoms with Gasteiger partial charge in [-0.25, -0.2) is 0 Å². The van der Waals surface area contributed by atoms with E-state index >= 15 is 0 Å². The lowest BCUT2D eigenvalue weighted by Crippen LogP contribution is -2.30. The Hall–Kier alpha value is -2.33. The molecule has 0 fully saturated rings. The van der Waals surface area contributed by atoms with Gasteiger partial charge in [-0.2, -0.15) is 0 Å². The third kappa shape index (κ3) is 5.33. The normalized spacial score (nSPS) is 15.4. The molecule has 3 rings (SSSR count). The Balaban J connectivity index is 1.19. The summed E-state index contributed by atoms with van der Waals surface area (Å²) in [6, 6.07) is 17.6. The lowest BCUT2D eigenvalue weighted by Gasteiger charge is -2.11. The van der Waals surface area contributed by atoms with Crippen molar-refractivity contribution >= 4 is 5.91 Å². The Morgan fingerprint density at radius 3 is 2.56 bits per heavy atom. The number of nitrogens with one attached hydrogen (secondary N) is 2. The number of hydrogen-bond donors (Lipinski definition) is 2. The van der Waals surface area contributed by atoms with Crippen LogP contribution in [0.15, 0.2) is 54.6 Å². The highest BCUT2D eigenvalue weighted by Gasteiger charge is 2.21. The molecule has 2 aromatic carbocycles. The van der Waals surface area contributed by atoms with Gasteiger partial charge in [-0.1, -0.05) is 42.8 Å². The van der Waals surface area contributed by atoms with Crippen molar-refractivity contribution in [2.45, 2.75) is 31.8 Å². The minimum Gasteiger partial charge on any atom is -0.488 e. The number of para-hydroxylation sites is 1. The summed E-state index contributed by atoms with van der Waals surface area (Å²) in [6.07, 6.45) is 4.47. The molecule has 2 aromatic rings. The van der Waals surface area contributed by atoms with Gasteiger partial charge in [-0.3, -0.25) is 4.79 Å². The highest BCUT2D eigenvalue weighted by atomic mass is 16.5. The van der Waals surface area contributed by atoms with Crippen LogP contribution in [0.3, 0.4) is 0 Å². The summed E-state index contributed by atoms with van der Waals surface area (Å²) in [6.45, 7) is 2.61. The lowest BCUT2D eigenvalue weighted by molar-refractivity contribution is 0.0953. The molecular formula is C21H26N2O2. The number of benzene rings is 2. The molecule has 1 amide bonds. The summed E-state index contributed by atoms with van der Waals surface area (Å²) in [5.74, 6) is 1.04. The van der Waals surface area contributed by atoms with Crippen LogP contribution in [0.1, 0.15) is 35.2 Å². The van der Waals surface area contributed by atoms with E-state index in [0.29, 0.717) is 0 Å². The van der Waals surface area contributed by atoms with Crippen LogP contribution in [0.5, 0.6) is 5.75 Å². The summed E-state index contributed by atoms with van der Waals surface area (Å²) < 4.78 is 5.91. The van der Waals surface area contributed by atoms with Crippen molar-refractivity contribution in [1.82, 2.24) is 10.6 Å². The van der Waals surface area contributed by atoms with E-state index < -0.39 is 0 Å². The van der Waals surface area contributed by atoms with Crippen molar-refractivity contribution < 1.29 is 9.53 Å². The molecule has 0 radical (unpaired) electrons. The van der Waals surface area contributed by atoms with E-state index in [0.717, 1.165) is 56.6 Å². The largest absolute Gasteiger partial charge is 0.488 e. The molecule has 25 heavy (non-hydrogen) atoms. The molecule has 0 bridgehead atoms. The van der Waals surface area contributed by atoms with Gasteiger partial charge in [0, 0.05) is 25.1 Å². The summed E-state index contributed by atoms with van der Waals surface area (Å²) in [7, 11) is 0. The van der Waals surface area contributed by atoms with Crippen molar-refractivity contribution in [3.05, 3.63) is 65.7 Å². The van der Waals surface area contributed by atoms with Gasteiger partial charge < -0.3 is 15.4 Å². The molecule has 4 nitrogen and oxygen atoms in total. The number of carbonyl (C=O) groups is 1. The second-order valence-corrected chi connectivity index (χ2v) is 6.44. The van der Waals surface area contributed by atoms with Gasteiger partial charge in [0.2, 0.25) is 0 Å². The van der Waals surface area contributed by atoms with Gasteiger partial charge in [0.1, 0.15) is 11.9 Å². The second kappa shape index (κ2) is 9.23. The number of ether oxygens (including phenoxy) is 1. The van der Waals surface area contributed by atoms with Crippen LogP contribution in [0.25, 0.3) is 0 Å². The molecular weight excluding hydrogens is 312 g/mol. The lowest BCUT2D eigenvalue weighted by atomic mass is 10.1. The second-order valence-electron chi connectivity index (χ2n) is 6.44. The zero-order valence-electron chi connectivity index (χ0n) is 14.5. The fourth-order valence-corrected chi connectivity index (χ4v) is 3.08. The number of fused-ring (bicyclic) bond motifs is 1. The number of amides is 1. The molecule has 1 aliphatic rings. The zero-order chi connectivity index (χ0) is 17.3. The first kappa shape index (κ1) is 17.5. The minimum atomic E-state index is 0.0108. The number of unbranched alkanes of at least 4 members (excludes halogenated alkanes) is 2. The third-order valence-corrected chi connectivity index (χ3v) is 4.44. The summed E-state index contributed by atoms with van der Waals surface area (Å²) >= 11 is 0. The van der Waals surface area contributed by atoms with Crippen molar-refractivity contribution in [2.75, 3.05) is 19.6 Å². The minimum absolute atomic E-state index is 0.0108. The SMILES string of the molecule is O=C(NCCCCCNCC1Cc2ccccc2O1)c1ccccc1. The van der Waals surface area contributed by atoms with Crippen molar-refractivity contribution in [1.29, 1.82) is 0 Å². The predicted molar refractivity (Wildman–Crippen MR) is 100 cm³/mol. The van der Waals surface area contributed by atoms with Gasteiger partial charge in [0.25, 0.3) is 5.91 Å². The summed E-state index contributed by atoms with van der Waals surface area (Å²) in [5.41, 5.74) is 2.03. The quantitative estimate of drug-likeness (QED) is 0.691. The third-order valence-electron chi connectivity index (χ3n) is 4.44. The maximum atomic E-state index is 11.9. The summed E-state index contributed by atoms with van der Waals surface area (Å²) in [5, 5.41) is 6.44. The van der Waals surface area contributed by atoms with Crippen LogP contribution >= 0.6 is 0 Å². The zero-order valence-corrected chi connectivity index (χ0v) is 14.5.